The maximum Gasteiger partial charge on any atom is 0.225 e. The molecule has 0 aromatic heterocycles. The van der Waals surface area contributed by atoms with Gasteiger partial charge in [0.25, 0.3) is 0 Å². The van der Waals surface area contributed by atoms with Gasteiger partial charge < -0.3 is 20.3 Å². The van der Waals surface area contributed by atoms with Crippen molar-refractivity contribution in [3.63, 3.8) is 0 Å². The number of hydrogen-bond donors (Lipinski definition) is 1. The highest BCUT2D eigenvalue weighted by Crippen LogP contribution is 2.26. The van der Waals surface area contributed by atoms with Crippen molar-refractivity contribution in [3.8, 4) is 5.75 Å². The Balaban J connectivity index is 1.46. The van der Waals surface area contributed by atoms with E-state index in [4.69, 9.17) is 10.5 Å². The van der Waals surface area contributed by atoms with Crippen molar-refractivity contribution in [2.24, 2.45) is 11.7 Å². The molecule has 2 unspecified atom stereocenters. The van der Waals surface area contributed by atoms with E-state index in [9.17, 15) is 9.59 Å². The van der Waals surface area contributed by atoms with E-state index in [0.29, 0.717) is 19.5 Å². The second-order valence-corrected chi connectivity index (χ2v) is 7.68. The first-order valence-corrected chi connectivity index (χ1v) is 10.0. The van der Waals surface area contributed by atoms with Crippen LogP contribution in [-0.2, 0) is 16.0 Å². The van der Waals surface area contributed by atoms with Gasteiger partial charge in [-0.15, -0.1) is 0 Å². The Labute approximate surface area is 161 Å². The van der Waals surface area contributed by atoms with Gasteiger partial charge in [-0.05, 0) is 49.8 Å². The third kappa shape index (κ3) is 5.22. The second-order valence-electron chi connectivity index (χ2n) is 7.68. The summed E-state index contributed by atoms with van der Waals surface area (Å²) < 4.78 is 5.16. The molecule has 0 bridgehead atoms. The lowest BCUT2D eigenvalue weighted by molar-refractivity contribution is -0.136. The van der Waals surface area contributed by atoms with Crippen LogP contribution in [0.2, 0.25) is 0 Å². The molecule has 0 spiro atoms. The van der Waals surface area contributed by atoms with Gasteiger partial charge in [0, 0.05) is 44.6 Å². The number of methoxy groups -OCH3 is 1. The van der Waals surface area contributed by atoms with Crippen molar-refractivity contribution < 1.29 is 14.3 Å². The SMILES string of the molecule is COc1ccc(CCC(=O)N2CCCN(C(=O)C3CCC(N)C3)CC2)cc1. The maximum atomic E-state index is 12.7. The van der Waals surface area contributed by atoms with E-state index in [1.807, 2.05) is 34.1 Å². The van der Waals surface area contributed by atoms with Gasteiger partial charge in [-0.1, -0.05) is 12.1 Å². The van der Waals surface area contributed by atoms with Crippen LogP contribution in [0.25, 0.3) is 0 Å². The van der Waals surface area contributed by atoms with Crippen LogP contribution in [0.1, 0.15) is 37.7 Å². The molecule has 0 radical (unpaired) electrons. The van der Waals surface area contributed by atoms with Crippen molar-refractivity contribution in [1.29, 1.82) is 0 Å². The Bertz CT molecular complexity index is 647. The van der Waals surface area contributed by atoms with Gasteiger partial charge in [-0.2, -0.15) is 0 Å². The fraction of sp³-hybridized carbons (Fsp3) is 0.619. The topological polar surface area (TPSA) is 75.9 Å². The zero-order valence-electron chi connectivity index (χ0n) is 16.2. The number of amides is 2. The standard InChI is InChI=1S/C21H31N3O3/c1-27-19-8-3-16(4-9-19)5-10-20(25)23-11-2-12-24(14-13-23)21(26)17-6-7-18(22)15-17/h3-4,8-9,17-18H,2,5-7,10-15,22H2,1H3. The van der Waals surface area contributed by atoms with Crippen molar-refractivity contribution in [2.75, 3.05) is 33.3 Å². The summed E-state index contributed by atoms with van der Waals surface area (Å²) in [4.78, 5) is 29.2. The molecule has 2 fully saturated rings. The highest BCUT2D eigenvalue weighted by Gasteiger charge is 2.32. The molecule has 148 valence electrons. The Morgan fingerprint density at radius 2 is 1.78 bits per heavy atom. The molecule has 1 saturated heterocycles. The van der Waals surface area contributed by atoms with Crippen molar-refractivity contribution in [3.05, 3.63) is 29.8 Å². The van der Waals surface area contributed by atoms with Crippen LogP contribution in [0.3, 0.4) is 0 Å². The molecule has 1 aliphatic carbocycles. The normalized spacial score (nSPS) is 23.2. The lowest BCUT2D eigenvalue weighted by atomic mass is 10.1. The van der Waals surface area contributed by atoms with Crippen LogP contribution in [0.15, 0.2) is 24.3 Å². The average Bonchev–Trinajstić information content (AvgIpc) is 2.98. The number of hydrogen-bond acceptors (Lipinski definition) is 4. The zero-order chi connectivity index (χ0) is 19.2. The number of carbonyl (C=O) groups excluding carboxylic acids is 2. The summed E-state index contributed by atoms with van der Waals surface area (Å²) in [6.07, 6.45) is 4.72. The predicted molar refractivity (Wildman–Crippen MR) is 104 cm³/mol. The van der Waals surface area contributed by atoms with E-state index in [0.717, 1.165) is 56.5 Å². The smallest absolute Gasteiger partial charge is 0.225 e. The van der Waals surface area contributed by atoms with Crippen LogP contribution in [0.5, 0.6) is 5.75 Å². The Kier molecular flexibility index (Phi) is 6.72. The molecule has 2 N–H and O–H groups in total. The molecule has 1 aromatic carbocycles. The molecule has 2 amide bonds. The lowest BCUT2D eigenvalue weighted by Crippen LogP contribution is -2.39. The highest BCUT2D eigenvalue weighted by atomic mass is 16.5. The van der Waals surface area contributed by atoms with Gasteiger partial charge in [0.1, 0.15) is 5.75 Å². The molecule has 2 aliphatic rings. The fourth-order valence-corrected chi connectivity index (χ4v) is 4.09. The van der Waals surface area contributed by atoms with E-state index < -0.39 is 0 Å². The van der Waals surface area contributed by atoms with E-state index in [1.54, 1.807) is 7.11 Å². The highest BCUT2D eigenvalue weighted by molar-refractivity contribution is 5.80. The molecule has 1 aliphatic heterocycles. The molecule has 6 heteroatoms. The monoisotopic (exact) mass is 373 g/mol. The summed E-state index contributed by atoms with van der Waals surface area (Å²) in [5.41, 5.74) is 7.08. The zero-order valence-corrected chi connectivity index (χ0v) is 16.2. The number of ether oxygens (including phenoxy) is 1. The van der Waals surface area contributed by atoms with Crippen molar-refractivity contribution in [2.45, 2.75) is 44.6 Å². The molecule has 3 rings (SSSR count). The third-order valence-corrected chi connectivity index (χ3v) is 5.77. The number of nitrogens with two attached hydrogens (primary N) is 1. The molecule has 2 atom stereocenters. The lowest BCUT2D eigenvalue weighted by Gasteiger charge is -2.24. The van der Waals surface area contributed by atoms with Gasteiger partial charge in [-0.25, -0.2) is 0 Å². The Hall–Kier alpha value is -2.08. The molecule has 1 aromatic rings. The number of carbonyl (C=O) groups is 2. The van der Waals surface area contributed by atoms with Crippen LogP contribution >= 0.6 is 0 Å². The van der Waals surface area contributed by atoms with Gasteiger partial charge in [-0.3, -0.25) is 9.59 Å². The number of benzene rings is 1. The predicted octanol–water partition coefficient (Wildman–Crippen LogP) is 1.82. The largest absolute Gasteiger partial charge is 0.497 e. The first kappa shape index (κ1) is 19.7. The number of nitrogens with zero attached hydrogens (tertiary/aromatic N) is 2. The van der Waals surface area contributed by atoms with Crippen LogP contribution < -0.4 is 10.5 Å². The summed E-state index contributed by atoms with van der Waals surface area (Å²) in [7, 11) is 1.65. The minimum absolute atomic E-state index is 0.0809. The van der Waals surface area contributed by atoms with Gasteiger partial charge in [0.2, 0.25) is 11.8 Å². The summed E-state index contributed by atoms with van der Waals surface area (Å²) >= 11 is 0. The third-order valence-electron chi connectivity index (χ3n) is 5.77. The van der Waals surface area contributed by atoms with Gasteiger partial charge in [0.05, 0.1) is 7.11 Å². The van der Waals surface area contributed by atoms with Crippen LogP contribution in [0.4, 0.5) is 0 Å². The van der Waals surface area contributed by atoms with E-state index in [-0.39, 0.29) is 23.8 Å². The first-order valence-electron chi connectivity index (χ1n) is 10.0. The summed E-state index contributed by atoms with van der Waals surface area (Å²) in [6.45, 7) is 2.74. The quantitative estimate of drug-likeness (QED) is 0.854. The van der Waals surface area contributed by atoms with Crippen LogP contribution in [0, 0.1) is 5.92 Å². The molecule has 27 heavy (non-hydrogen) atoms. The minimum Gasteiger partial charge on any atom is -0.497 e. The van der Waals surface area contributed by atoms with Crippen LogP contribution in [-0.4, -0.2) is 60.9 Å². The molecule has 1 heterocycles. The molecular formula is C21H31N3O3. The van der Waals surface area contributed by atoms with E-state index in [1.165, 1.54) is 0 Å². The summed E-state index contributed by atoms with van der Waals surface area (Å²) in [5, 5.41) is 0. The first-order chi connectivity index (χ1) is 13.1. The molecule has 6 nitrogen and oxygen atoms in total. The van der Waals surface area contributed by atoms with Gasteiger partial charge >= 0.3 is 0 Å². The minimum atomic E-state index is 0.0809. The van der Waals surface area contributed by atoms with E-state index >= 15 is 0 Å². The number of rotatable bonds is 5. The Morgan fingerprint density at radius 1 is 1.07 bits per heavy atom. The second kappa shape index (κ2) is 9.22. The molecular weight excluding hydrogens is 342 g/mol. The maximum absolute atomic E-state index is 12.7. The van der Waals surface area contributed by atoms with E-state index in [2.05, 4.69) is 0 Å². The van der Waals surface area contributed by atoms with Crippen molar-refractivity contribution in [1.82, 2.24) is 9.80 Å². The summed E-state index contributed by atoms with van der Waals surface area (Å²) in [6, 6.07) is 8.01. The average molecular weight is 373 g/mol. The summed E-state index contributed by atoms with van der Waals surface area (Å²) in [5.74, 6) is 1.31. The van der Waals surface area contributed by atoms with Crippen molar-refractivity contribution >= 4 is 11.8 Å². The fourth-order valence-electron chi connectivity index (χ4n) is 4.09. The Morgan fingerprint density at radius 3 is 2.44 bits per heavy atom. The number of aryl methyl sites for hydroxylation is 1. The molecule has 1 saturated carbocycles. The van der Waals surface area contributed by atoms with Gasteiger partial charge in [0.15, 0.2) is 0 Å².